The number of halogens is 1. The van der Waals surface area contributed by atoms with Gasteiger partial charge in [-0.05, 0) is 37.5 Å². The summed E-state index contributed by atoms with van der Waals surface area (Å²) in [5, 5.41) is 1.10. The third-order valence-corrected chi connectivity index (χ3v) is 4.30. The molecule has 0 saturated carbocycles. The van der Waals surface area contributed by atoms with E-state index in [1.165, 1.54) is 11.1 Å². The van der Waals surface area contributed by atoms with Crippen molar-refractivity contribution in [2.24, 2.45) is 0 Å². The summed E-state index contributed by atoms with van der Waals surface area (Å²) in [5.74, 6) is 0. The normalized spacial score (nSPS) is 13.9. The van der Waals surface area contributed by atoms with Gasteiger partial charge in [0.2, 0.25) is 0 Å². The van der Waals surface area contributed by atoms with Gasteiger partial charge in [0.1, 0.15) is 0 Å². The first-order chi connectivity index (χ1) is 10.6. The number of fused-ring (bicyclic) bond motifs is 2. The van der Waals surface area contributed by atoms with Crippen molar-refractivity contribution in [1.29, 1.82) is 0 Å². The molecule has 2 aromatic rings. The molecule has 0 saturated heterocycles. The number of ether oxygens (including phenoxy) is 1. The van der Waals surface area contributed by atoms with Crippen molar-refractivity contribution in [2.45, 2.75) is 26.7 Å². The standard InChI is InChI=1S/C17H21N3O2.ClH/c1-3-22-17(21)20-9-7-12-11(2)13-5-4-6-14(18)16(13)19-15(12)8-10-20;/h4-6H,3,7-10,18H2,1-2H3;1H. The first-order valence-corrected chi connectivity index (χ1v) is 7.70. The van der Waals surface area contributed by atoms with Gasteiger partial charge in [0.05, 0.1) is 17.8 Å². The van der Waals surface area contributed by atoms with Crippen LogP contribution in [0.1, 0.15) is 23.7 Å². The second-order valence-corrected chi connectivity index (χ2v) is 5.59. The molecule has 5 nitrogen and oxygen atoms in total. The number of para-hydroxylation sites is 1. The number of nitrogens with zero attached hydrogens (tertiary/aromatic N) is 2. The lowest BCUT2D eigenvalue weighted by molar-refractivity contribution is 0.109. The number of carbonyl (C=O) groups is 1. The van der Waals surface area contributed by atoms with Crippen molar-refractivity contribution in [3.8, 4) is 0 Å². The molecule has 2 heterocycles. The Balaban J connectivity index is 0.00000192. The number of benzene rings is 1. The summed E-state index contributed by atoms with van der Waals surface area (Å²) in [6.45, 7) is 5.65. The molecule has 1 aromatic heterocycles. The van der Waals surface area contributed by atoms with Crippen molar-refractivity contribution < 1.29 is 9.53 Å². The predicted molar refractivity (Wildman–Crippen MR) is 94.1 cm³/mol. The zero-order chi connectivity index (χ0) is 15.7. The van der Waals surface area contributed by atoms with E-state index in [1.54, 1.807) is 4.90 Å². The molecule has 1 aromatic carbocycles. The van der Waals surface area contributed by atoms with Gasteiger partial charge in [-0.3, -0.25) is 4.98 Å². The zero-order valence-corrected chi connectivity index (χ0v) is 14.3. The Morgan fingerprint density at radius 2 is 2.09 bits per heavy atom. The van der Waals surface area contributed by atoms with E-state index in [4.69, 9.17) is 15.5 Å². The minimum atomic E-state index is -0.239. The molecule has 1 amide bonds. The van der Waals surface area contributed by atoms with Crippen LogP contribution < -0.4 is 5.73 Å². The topological polar surface area (TPSA) is 68.5 Å². The second kappa shape index (κ2) is 7.04. The third kappa shape index (κ3) is 3.20. The molecule has 23 heavy (non-hydrogen) atoms. The Morgan fingerprint density at radius 3 is 2.83 bits per heavy atom. The van der Waals surface area contributed by atoms with Gasteiger partial charge in [-0.1, -0.05) is 12.1 Å². The number of anilines is 1. The Bertz CT molecular complexity index is 733. The number of hydrogen-bond acceptors (Lipinski definition) is 4. The fraction of sp³-hybridized carbons (Fsp3) is 0.412. The lowest BCUT2D eigenvalue weighted by atomic mass is 9.98. The van der Waals surface area contributed by atoms with E-state index in [1.807, 2.05) is 19.1 Å². The van der Waals surface area contributed by atoms with Gasteiger partial charge in [-0.25, -0.2) is 4.79 Å². The predicted octanol–water partition coefficient (Wildman–Crippen LogP) is 3.10. The molecule has 6 heteroatoms. The maximum Gasteiger partial charge on any atom is 0.409 e. The van der Waals surface area contributed by atoms with E-state index in [9.17, 15) is 4.79 Å². The van der Waals surface area contributed by atoms with E-state index in [2.05, 4.69) is 13.0 Å². The molecule has 0 spiro atoms. The Morgan fingerprint density at radius 1 is 1.35 bits per heavy atom. The minimum Gasteiger partial charge on any atom is -0.450 e. The van der Waals surface area contributed by atoms with E-state index in [0.29, 0.717) is 25.4 Å². The molecule has 124 valence electrons. The number of rotatable bonds is 1. The summed E-state index contributed by atoms with van der Waals surface area (Å²) < 4.78 is 5.11. The van der Waals surface area contributed by atoms with E-state index < -0.39 is 0 Å². The number of aryl methyl sites for hydroxylation is 1. The molecule has 0 fully saturated rings. The van der Waals surface area contributed by atoms with Crippen LogP contribution in [0.15, 0.2) is 18.2 Å². The summed E-state index contributed by atoms with van der Waals surface area (Å²) in [6, 6.07) is 5.89. The molecule has 0 radical (unpaired) electrons. The Hall–Kier alpha value is -2.01. The fourth-order valence-corrected chi connectivity index (χ4v) is 3.11. The van der Waals surface area contributed by atoms with Crippen LogP contribution in [0, 0.1) is 6.92 Å². The lowest BCUT2D eigenvalue weighted by Gasteiger charge is -2.18. The highest BCUT2D eigenvalue weighted by Crippen LogP contribution is 2.28. The van der Waals surface area contributed by atoms with E-state index >= 15 is 0 Å². The largest absolute Gasteiger partial charge is 0.450 e. The summed E-state index contributed by atoms with van der Waals surface area (Å²) >= 11 is 0. The Labute approximate surface area is 142 Å². The van der Waals surface area contributed by atoms with Gasteiger partial charge < -0.3 is 15.4 Å². The van der Waals surface area contributed by atoms with Crippen LogP contribution >= 0.6 is 12.4 Å². The van der Waals surface area contributed by atoms with Gasteiger partial charge in [0, 0.05) is 30.6 Å². The fourth-order valence-electron chi connectivity index (χ4n) is 3.11. The van der Waals surface area contributed by atoms with Crippen LogP contribution in [0.25, 0.3) is 10.9 Å². The first-order valence-electron chi connectivity index (χ1n) is 7.70. The quantitative estimate of drug-likeness (QED) is 0.813. The van der Waals surface area contributed by atoms with Crippen LogP contribution in [-0.4, -0.2) is 35.7 Å². The van der Waals surface area contributed by atoms with Crippen molar-refractivity contribution in [2.75, 3.05) is 25.4 Å². The molecular weight excluding hydrogens is 314 g/mol. The average molecular weight is 336 g/mol. The van der Waals surface area contributed by atoms with Crippen LogP contribution in [-0.2, 0) is 17.6 Å². The van der Waals surface area contributed by atoms with Crippen molar-refractivity contribution in [3.63, 3.8) is 0 Å². The van der Waals surface area contributed by atoms with Gasteiger partial charge in [0.25, 0.3) is 0 Å². The number of carbonyl (C=O) groups excluding carboxylic acids is 1. The van der Waals surface area contributed by atoms with Gasteiger partial charge in [-0.2, -0.15) is 0 Å². The molecule has 0 atom stereocenters. The van der Waals surface area contributed by atoms with Crippen molar-refractivity contribution in [3.05, 3.63) is 35.0 Å². The van der Waals surface area contributed by atoms with Crippen LogP contribution in [0.5, 0.6) is 0 Å². The molecule has 0 bridgehead atoms. The molecule has 2 N–H and O–H groups in total. The summed E-state index contributed by atoms with van der Waals surface area (Å²) in [4.78, 5) is 18.5. The molecule has 1 aliphatic heterocycles. The highest BCUT2D eigenvalue weighted by atomic mass is 35.5. The number of hydrogen-bond donors (Lipinski definition) is 1. The summed E-state index contributed by atoms with van der Waals surface area (Å²) in [7, 11) is 0. The van der Waals surface area contributed by atoms with Gasteiger partial charge in [-0.15, -0.1) is 12.4 Å². The van der Waals surface area contributed by atoms with Crippen molar-refractivity contribution >= 4 is 35.1 Å². The van der Waals surface area contributed by atoms with Crippen LogP contribution in [0.4, 0.5) is 10.5 Å². The maximum absolute atomic E-state index is 11.9. The summed E-state index contributed by atoms with van der Waals surface area (Å²) in [6.07, 6.45) is 1.30. The molecular formula is C17H22ClN3O2. The van der Waals surface area contributed by atoms with E-state index in [0.717, 1.165) is 29.4 Å². The lowest BCUT2D eigenvalue weighted by Crippen LogP contribution is -2.33. The number of nitrogen functional groups attached to an aromatic ring is 1. The number of aromatic nitrogens is 1. The minimum absolute atomic E-state index is 0. The number of amides is 1. The maximum atomic E-state index is 11.9. The number of pyridine rings is 1. The monoisotopic (exact) mass is 335 g/mol. The molecule has 1 aliphatic rings. The smallest absolute Gasteiger partial charge is 0.409 e. The number of nitrogens with two attached hydrogens (primary N) is 1. The molecule has 0 unspecified atom stereocenters. The van der Waals surface area contributed by atoms with Crippen LogP contribution in [0.3, 0.4) is 0 Å². The SMILES string of the molecule is CCOC(=O)N1CCc2nc3c(N)cccc3c(C)c2CC1.Cl. The third-order valence-electron chi connectivity index (χ3n) is 4.30. The van der Waals surface area contributed by atoms with Gasteiger partial charge >= 0.3 is 6.09 Å². The molecule has 3 rings (SSSR count). The van der Waals surface area contributed by atoms with Crippen molar-refractivity contribution in [1.82, 2.24) is 9.88 Å². The zero-order valence-electron chi connectivity index (χ0n) is 13.5. The second-order valence-electron chi connectivity index (χ2n) is 5.59. The van der Waals surface area contributed by atoms with E-state index in [-0.39, 0.29) is 18.5 Å². The Kier molecular flexibility index (Phi) is 5.31. The van der Waals surface area contributed by atoms with Crippen LogP contribution in [0.2, 0.25) is 0 Å². The molecule has 0 aliphatic carbocycles. The first kappa shape index (κ1) is 17.3. The van der Waals surface area contributed by atoms with Gasteiger partial charge in [0.15, 0.2) is 0 Å². The highest BCUT2D eigenvalue weighted by Gasteiger charge is 2.22. The average Bonchev–Trinajstić information content (AvgIpc) is 2.72. The highest BCUT2D eigenvalue weighted by molar-refractivity contribution is 5.92. The summed E-state index contributed by atoms with van der Waals surface area (Å²) in [5.41, 5.74) is 11.1.